The van der Waals surface area contributed by atoms with Gasteiger partial charge in [-0.15, -0.1) is 0 Å². The van der Waals surface area contributed by atoms with E-state index in [2.05, 4.69) is 27.7 Å². The molecule has 54 heavy (non-hydrogen) atoms. The van der Waals surface area contributed by atoms with Gasteiger partial charge in [0.2, 0.25) is 0 Å². The molecule has 0 bridgehead atoms. The van der Waals surface area contributed by atoms with E-state index in [9.17, 15) is 14.4 Å². The summed E-state index contributed by atoms with van der Waals surface area (Å²) < 4.78 is 16.6. The number of esters is 3. The third-order valence-corrected chi connectivity index (χ3v) is 11.2. The summed E-state index contributed by atoms with van der Waals surface area (Å²) in [7, 11) is 0. The summed E-state index contributed by atoms with van der Waals surface area (Å²) in [6, 6.07) is 0. The standard InChI is InChI=1S/C48H92O6/c1-5-8-10-12-13-14-15-16-17-18-19-20-21-22-23-24-29-33-37-41-48(51)54-45(42-52-46(49)39-35-30-11-9-6-2)43-53-47(50)40-36-32-28-26-25-27-31-34-38-44(4)7-3/h44-45H,5-43H2,1-4H3/t44?,45-/m0/s1. The lowest BCUT2D eigenvalue weighted by Crippen LogP contribution is -2.30. The molecule has 6 heteroatoms. The molecule has 0 aromatic heterocycles. The average molecular weight is 765 g/mol. The molecule has 0 aromatic rings. The van der Waals surface area contributed by atoms with Crippen LogP contribution in [0.4, 0.5) is 0 Å². The largest absolute Gasteiger partial charge is 0.462 e. The van der Waals surface area contributed by atoms with Gasteiger partial charge in [-0.1, -0.05) is 227 Å². The van der Waals surface area contributed by atoms with Crippen LogP contribution in [0, 0.1) is 5.92 Å². The van der Waals surface area contributed by atoms with Crippen LogP contribution in [0.25, 0.3) is 0 Å². The molecule has 0 saturated carbocycles. The molecule has 0 aromatic carbocycles. The second-order valence-corrected chi connectivity index (χ2v) is 16.6. The number of unbranched alkanes of at least 4 members (excludes halogenated alkanes) is 29. The van der Waals surface area contributed by atoms with Crippen LogP contribution in [0.3, 0.4) is 0 Å². The van der Waals surface area contributed by atoms with Gasteiger partial charge >= 0.3 is 17.9 Å². The minimum Gasteiger partial charge on any atom is -0.462 e. The highest BCUT2D eigenvalue weighted by Gasteiger charge is 2.19. The fraction of sp³-hybridized carbons (Fsp3) is 0.938. The van der Waals surface area contributed by atoms with Crippen LogP contribution >= 0.6 is 0 Å². The quantitative estimate of drug-likeness (QED) is 0.0349. The smallest absolute Gasteiger partial charge is 0.306 e. The number of carbonyl (C=O) groups is 3. The fourth-order valence-electron chi connectivity index (χ4n) is 7.12. The molecule has 0 heterocycles. The maximum atomic E-state index is 12.7. The molecule has 0 radical (unpaired) electrons. The zero-order valence-electron chi connectivity index (χ0n) is 36.7. The zero-order chi connectivity index (χ0) is 39.6. The molecule has 1 unspecified atom stereocenters. The molecule has 0 amide bonds. The Labute approximate surface area is 336 Å². The Morgan fingerprint density at radius 1 is 0.370 bits per heavy atom. The van der Waals surface area contributed by atoms with Crippen molar-refractivity contribution in [1.29, 1.82) is 0 Å². The third-order valence-electron chi connectivity index (χ3n) is 11.2. The Morgan fingerprint density at radius 2 is 0.648 bits per heavy atom. The van der Waals surface area contributed by atoms with Crippen LogP contribution in [0.15, 0.2) is 0 Å². The molecule has 0 fully saturated rings. The molecular formula is C48H92O6. The van der Waals surface area contributed by atoms with E-state index < -0.39 is 6.10 Å². The summed E-state index contributed by atoms with van der Waals surface area (Å²) in [6.45, 7) is 8.93. The van der Waals surface area contributed by atoms with Gasteiger partial charge in [0, 0.05) is 19.3 Å². The minimum atomic E-state index is -0.758. The molecule has 2 atom stereocenters. The SMILES string of the molecule is CCCCCCCCCCCCCCCCCCCCCC(=O)O[C@@H](COC(=O)CCCCCCC)COC(=O)CCCCCCCCCCC(C)CC. The van der Waals surface area contributed by atoms with Crippen molar-refractivity contribution in [2.75, 3.05) is 13.2 Å². The van der Waals surface area contributed by atoms with Gasteiger partial charge in [-0.25, -0.2) is 0 Å². The number of rotatable bonds is 43. The van der Waals surface area contributed by atoms with E-state index in [1.54, 1.807) is 0 Å². The monoisotopic (exact) mass is 765 g/mol. The summed E-state index contributed by atoms with van der Waals surface area (Å²) >= 11 is 0. The fourth-order valence-corrected chi connectivity index (χ4v) is 7.12. The van der Waals surface area contributed by atoms with E-state index in [0.29, 0.717) is 19.3 Å². The number of ether oxygens (including phenoxy) is 3. The summed E-state index contributed by atoms with van der Waals surface area (Å²) in [5.41, 5.74) is 0. The Morgan fingerprint density at radius 3 is 0.963 bits per heavy atom. The van der Waals surface area contributed by atoms with E-state index >= 15 is 0 Å². The lowest BCUT2D eigenvalue weighted by Gasteiger charge is -2.18. The first kappa shape index (κ1) is 52.4. The van der Waals surface area contributed by atoms with Gasteiger partial charge in [-0.3, -0.25) is 14.4 Å². The summed E-state index contributed by atoms with van der Waals surface area (Å²) in [6.07, 6.45) is 42.6. The van der Waals surface area contributed by atoms with Crippen LogP contribution in [-0.2, 0) is 28.6 Å². The highest BCUT2D eigenvalue weighted by Crippen LogP contribution is 2.17. The zero-order valence-corrected chi connectivity index (χ0v) is 36.7. The number of carbonyl (C=O) groups excluding carboxylic acids is 3. The Bertz CT molecular complexity index is 813. The highest BCUT2D eigenvalue weighted by atomic mass is 16.6. The van der Waals surface area contributed by atoms with Crippen LogP contribution in [-0.4, -0.2) is 37.2 Å². The van der Waals surface area contributed by atoms with Gasteiger partial charge in [0.1, 0.15) is 13.2 Å². The summed E-state index contributed by atoms with van der Waals surface area (Å²) in [5.74, 6) is -0.0192. The van der Waals surface area contributed by atoms with Crippen LogP contribution in [0.2, 0.25) is 0 Å². The predicted octanol–water partition coefficient (Wildman–Crippen LogP) is 15.1. The van der Waals surface area contributed by atoms with Crippen molar-refractivity contribution in [2.45, 2.75) is 271 Å². The molecule has 0 saturated heterocycles. The van der Waals surface area contributed by atoms with Gasteiger partial charge in [0.25, 0.3) is 0 Å². The first-order valence-corrected chi connectivity index (χ1v) is 23.9. The lowest BCUT2D eigenvalue weighted by atomic mass is 9.99. The number of hydrogen-bond donors (Lipinski definition) is 0. The molecule has 0 rings (SSSR count). The van der Waals surface area contributed by atoms with Crippen molar-refractivity contribution >= 4 is 17.9 Å². The third kappa shape index (κ3) is 40.1. The second kappa shape index (κ2) is 42.6. The molecule has 0 aliphatic carbocycles. The Balaban J connectivity index is 4.13. The van der Waals surface area contributed by atoms with Crippen molar-refractivity contribution in [3.63, 3.8) is 0 Å². The van der Waals surface area contributed by atoms with Crippen molar-refractivity contribution in [1.82, 2.24) is 0 Å². The molecule has 0 spiro atoms. The normalized spacial score (nSPS) is 12.4. The van der Waals surface area contributed by atoms with Crippen LogP contribution < -0.4 is 0 Å². The van der Waals surface area contributed by atoms with Gasteiger partial charge < -0.3 is 14.2 Å². The lowest BCUT2D eigenvalue weighted by molar-refractivity contribution is -0.167. The van der Waals surface area contributed by atoms with E-state index in [4.69, 9.17) is 14.2 Å². The molecule has 0 aliphatic heterocycles. The summed E-state index contributed by atoms with van der Waals surface area (Å²) in [5, 5.41) is 0. The van der Waals surface area contributed by atoms with Gasteiger partial charge in [-0.2, -0.15) is 0 Å². The predicted molar refractivity (Wildman–Crippen MR) is 229 cm³/mol. The topological polar surface area (TPSA) is 78.9 Å². The van der Waals surface area contributed by atoms with Crippen LogP contribution in [0.5, 0.6) is 0 Å². The summed E-state index contributed by atoms with van der Waals surface area (Å²) in [4.78, 5) is 37.5. The first-order chi connectivity index (χ1) is 26.4. The van der Waals surface area contributed by atoms with Crippen LogP contribution in [0.1, 0.15) is 265 Å². The first-order valence-electron chi connectivity index (χ1n) is 23.9. The Hall–Kier alpha value is -1.59. The molecule has 6 nitrogen and oxygen atoms in total. The van der Waals surface area contributed by atoms with Crippen molar-refractivity contribution < 1.29 is 28.6 Å². The maximum absolute atomic E-state index is 12.7. The van der Waals surface area contributed by atoms with Crippen molar-refractivity contribution in [3.8, 4) is 0 Å². The average Bonchev–Trinajstić information content (AvgIpc) is 3.17. The van der Waals surface area contributed by atoms with Crippen molar-refractivity contribution in [3.05, 3.63) is 0 Å². The minimum absolute atomic E-state index is 0.0653. The second-order valence-electron chi connectivity index (χ2n) is 16.6. The van der Waals surface area contributed by atoms with E-state index in [-0.39, 0.29) is 31.1 Å². The van der Waals surface area contributed by atoms with E-state index in [1.807, 2.05) is 0 Å². The Kier molecular flexibility index (Phi) is 41.3. The van der Waals surface area contributed by atoms with E-state index in [1.165, 1.54) is 154 Å². The van der Waals surface area contributed by atoms with Gasteiger partial charge in [-0.05, 0) is 25.2 Å². The number of hydrogen-bond acceptors (Lipinski definition) is 6. The van der Waals surface area contributed by atoms with Gasteiger partial charge in [0.05, 0.1) is 0 Å². The van der Waals surface area contributed by atoms with E-state index in [0.717, 1.165) is 70.1 Å². The molecular weight excluding hydrogens is 673 g/mol. The van der Waals surface area contributed by atoms with Gasteiger partial charge in [0.15, 0.2) is 6.10 Å². The molecule has 320 valence electrons. The highest BCUT2D eigenvalue weighted by molar-refractivity contribution is 5.71. The maximum Gasteiger partial charge on any atom is 0.306 e. The van der Waals surface area contributed by atoms with Crippen molar-refractivity contribution in [2.24, 2.45) is 5.92 Å². The molecule has 0 aliphatic rings. The molecule has 0 N–H and O–H groups in total.